The molecule has 2 heterocycles. The van der Waals surface area contributed by atoms with Gasteiger partial charge in [0.15, 0.2) is 0 Å². The number of benzene rings is 2. The highest BCUT2D eigenvalue weighted by molar-refractivity contribution is 8.14. The number of carbonyl (C=O) groups is 2. The molecule has 2 saturated heterocycles. The summed E-state index contributed by atoms with van der Waals surface area (Å²) in [5.74, 6) is 0.688. The zero-order valence-corrected chi connectivity index (χ0v) is 14.0. The van der Waals surface area contributed by atoms with Gasteiger partial charge in [-0.3, -0.25) is 4.79 Å². The van der Waals surface area contributed by atoms with E-state index >= 15 is 0 Å². The standard InChI is InChI=1S/C19H18N2O2S/c22-18-17-16(13-24-18)20(11-14-7-3-1-4-8-14)19(23)21(17)12-15-9-5-2-6-10-15/h1-10,16-17H,11-13H2/t16-,17-/m1/s1. The van der Waals surface area contributed by atoms with Crippen LogP contribution in [0.4, 0.5) is 4.79 Å². The van der Waals surface area contributed by atoms with Crippen LogP contribution in [-0.4, -0.2) is 38.8 Å². The molecular formula is C19H18N2O2S. The molecule has 4 rings (SSSR count). The summed E-state index contributed by atoms with van der Waals surface area (Å²) in [7, 11) is 0. The number of thioether (sulfide) groups is 1. The van der Waals surface area contributed by atoms with Crippen molar-refractivity contribution in [2.24, 2.45) is 0 Å². The van der Waals surface area contributed by atoms with Crippen LogP contribution in [0.3, 0.4) is 0 Å². The Morgan fingerprint density at radius 2 is 1.38 bits per heavy atom. The molecule has 2 amide bonds. The molecule has 5 heteroatoms. The Bertz CT molecular complexity index is 750. The van der Waals surface area contributed by atoms with Crippen LogP contribution in [0.15, 0.2) is 60.7 Å². The smallest absolute Gasteiger partial charge is 0.314 e. The van der Waals surface area contributed by atoms with E-state index in [0.717, 1.165) is 11.1 Å². The summed E-state index contributed by atoms with van der Waals surface area (Å²) in [5, 5.41) is 0.111. The number of rotatable bonds is 4. The van der Waals surface area contributed by atoms with Crippen LogP contribution in [0.2, 0.25) is 0 Å². The van der Waals surface area contributed by atoms with Crippen LogP contribution in [0, 0.1) is 0 Å². The number of carbonyl (C=O) groups excluding carboxylic acids is 2. The first-order valence-electron chi connectivity index (χ1n) is 8.06. The third-order valence-electron chi connectivity index (χ3n) is 4.62. The third kappa shape index (κ3) is 2.69. The van der Waals surface area contributed by atoms with Crippen molar-refractivity contribution in [2.45, 2.75) is 25.2 Å². The average molecular weight is 338 g/mol. The molecule has 0 aliphatic carbocycles. The summed E-state index contributed by atoms with van der Waals surface area (Å²) in [5.41, 5.74) is 2.14. The molecule has 4 nitrogen and oxygen atoms in total. The normalized spacial score (nSPS) is 23.0. The highest BCUT2D eigenvalue weighted by atomic mass is 32.2. The molecule has 0 spiro atoms. The lowest BCUT2D eigenvalue weighted by Gasteiger charge is -2.22. The molecule has 2 aromatic rings. The molecular weight excluding hydrogens is 320 g/mol. The van der Waals surface area contributed by atoms with Gasteiger partial charge in [-0.25, -0.2) is 4.79 Å². The van der Waals surface area contributed by atoms with Crippen molar-refractivity contribution >= 4 is 22.9 Å². The average Bonchev–Trinajstić information content (AvgIpc) is 3.11. The Morgan fingerprint density at radius 3 is 1.96 bits per heavy atom. The largest absolute Gasteiger partial charge is 0.321 e. The molecule has 2 fully saturated rings. The molecule has 0 saturated carbocycles. The quantitative estimate of drug-likeness (QED) is 0.804. The maximum atomic E-state index is 13.0. The predicted molar refractivity (Wildman–Crippen MR) is 94.4 cm³/mol. The first kappa shape index (κ1) is 15.3. The minimum Gasteiger partial charge on any atom is -0.314 e. The maximum absolute atomic E-state index is 13.0. The first-order chi connectivity index (χ1) is 11.7. The van der Waals surface area contributed by atoms with Crippen LogP contribution in [0.25, 0.3) is 0 Å². The van der Waals surface area contributed by atoms with Gasteiger partial charge >= 0.3 is 6.03 Å². The second kappa shape index (κ2) is 6.32. The Morgan fingerprint density at radius 1 is 0.833 bits per heavy atom. The van der Waals surface area contributed by atoms with Crippen molar-refractivity contribution in [1.82, 2.24) is 9.80 Å². The molecule has 0 unspecified atom stereocenters. The number of urea groups is 1. The molecule has 122 valence electrons. The maximum Gasteiger partial charge on any atom is 0.321 e. The minimum absolute atomic E-state index is 0.0288. The molecule has 2 aromatic carbocycles. The van der Waals surface area contributed by atoms with E-state index in [9.17, 15) is 9.59 Å². The summed E-state index contributed by atoms with van der Waals surface area (Å²) >= 11 is 1.35. The van der Waals surface area contributed by atoms with Gasteiger partial charge in [0.1, 0.15) is 6.04 Å². The fourth-order valence-corrected chi connectivity index (χ4v) is 4.59. The number of hydrogen-bond donors (Lipinski definition) is 0. The number of fused-ring (bicyclic) bond motifs is 1. The van der Waals surface area contributed by atoms with Gasteiger partial charge in [0.25, 0.3) is 0 Å². The van der Waals surface area contributed by atoms with E-state index in [1.165, 1.54) is 11.8 Å². The van der Waals surface area contributed by atoms with Gasteiger partial charge < -0.3 is 9.80 Å². The van der Waals surface area contributed by atoms with Crippen LogP contribution in [0.1, 0.15) is 11.1 Å². The van der Waals surface area contributed by atoms with E-state index in [4.69, 9.17) is 0 Å². The van der Waals surface area contributed by atoms with Gasteiger partial charge in [0.2, 0.25) is 5.12 Å². The van der Waals surface area contributed by atoms with Gasteiger partial charge in [-0.2, -0.15) is 0 Å². The first-order valence-corrected chi connectivity index (χ1v) is 9.04. The van der Waals surface area contributed by atoms with Crippen molar-refractivity contribution in [2.75, 3.05) is 5.75 Å². The molecule has 0 N–H and O–H groups in total. The van der Waals surface area contributed by atoms with Gasteiger partial charge in [0, 0.05) is 18.8 Å². The van der Waals surface area contributed by atoms with E-state index < -0.39 is 0 Å². The summed E-state index contributed by atoms with van der Waals surface area (Å²) < 4.78 is 0. The highest BCUT2D eigenvalue weighted by Gasteiger charge is 2.52. The van der Waals surface area contributed by atoms with Crippen LogP contribution in [0.5, 0.6) is 0 Å². The molecule has 0 aromatic heterocycles. The van der Waals surface area contributed by atoms with Crippen LogP contribution in [-0.2, 0) is 17.9 Å². The van der Waals surface area contributed by atoms with E-state index in [1.54, 1.807) is 4.90 Å². The van der Waals surface area contributed by atoms with Crippen molar-refractivity contribution in [3.8, 4) is 0 Å². The summed E-state index contributed by atoms with van der Waals surface area (Å²) in [6, 6.07) is 19.4. The van der Waals surface area contributed by atoms with Crippen LogP contribution >= 0.6 is 11.8 Å². The Balaban J connectivity index is 1.60. The molecule has 2 aliphatic heterocycles. The lowest BCUT2D eigenvalue weighted by molar-refractivity contribution is -0.114. The van der Waals surface area contributed by atoms with Gasteiger partial charge in [0.05, 0.1) is 6.04 Å². The zero-order chi connectivity index (χ0) is 16.5. The van der Waals surface area contributed by atoms with Gasteiger partial charge in [-0.15, -0.1) is 0 Å². The van der Waals surface area contributed by atoms with Crippen LogP contribution < -0.4 is 0 Å². The Labute approximate surface area is 145 Å². The Hall–Kier alpha value is -2.27. The third-order valence-corrected chi connectivity index (χ3v) is 5.66. The minimum atomic E-state index is -0.327. The van der Waals surface area contributed by atoms with Gasteiger partial charge in [-0.1, -0.05) is 72.4 Å². The molecule has 2 atom stereocenters. The highest BCUT2D eigenvalue weighted by Crippen LogP contribution is 2.37. The summed E-state index contributed by atoms with van der Waals surface area (Å²) in [6.07, 6.45) is 0. The van der Waals surface area contributed by atoms with E-state index in [0.29, 0.717) is 18.8 Å². The lowest BCUT2D eigenvalue weighted by atomic mass is 10.1. The second-order valence-corrected chi connectivity index (χ2v) is 7.18. The molecule has 0 radical (unpaired) electrons. The number of amides is 2. The summed E-state index contributed by atoms with van der Waals surface area (Å²) in [4.78, 5) is 28.9. The number of hydrogen-bond acceptors (Lipinski definition) is 3. The Kier molecular flexibility index (Phi) is 4.02. The molecule has 24 heavy (non-hydrogen) atoms. The second-order valence-electron chi connectivity index (χ2n) is 6.15. The number of nitrogens with zero attached hydrogens (tertiary/aromatic N) is 2. The summed E-state index contributed by atoms with van der Waals surface area (Å²) in [6.45, 7) is 1.04. The van der Waals surface area contributed by atoms with E-state index in [1.807, 2.05) is 65.6 Å². The zero-order valence-electron chi connectivity index (χ0n) is 13.2. The monoisotopic (exact) mass is 338 g/mol. The fourth-order valence-electron chi connectivity index (χ4n) is 3.43. The van der Waals surface area contributed by atoms with Crippen molar-refractivity contribution in [3.63, 3.8) is 0 Å². The lowest BCUT2D eigenvalue weighted by Crippen LogP contribution is -2.38. The SMILES string of the molecule is O=C1SC[C@@H]2[C@H]1N(Cc1ccccc1)C(=O)N2Cc1ccccc1. The van der Waals surface area contributed by atoms with Crippen molar-refractivity contribution in [3.05, 3.63) is 71.8 Å². The van der Waals surface area contributed by atoms with E-state index in [2.05, 4.69) is 0 Å². The van der Waals surface area contributed by atoms with E-state index in [-0.39, 0.29) is 23.2 Å². The van der Waals surface area contributed by atoms with Crippen molar-refractivity contribution < 1.29 is 9.59 Å². The van der Waals surface area contributed by atoms with Gasteiger partial charge in [-0.05, 0) is 11.1 Å². The molecule has 0 bridgehead atoms. The van der Waals surface area contributed by atoms with Crippen molar-refractivity contribution in [1.29, 1.82) is 0 Å². The fraction of sp³-hybridized carbons (Fsp3) is 0.263. The molecule has 2 aliphatic rings. The predicted octanol–water partition coefficient (Wildman–Crippen LogP) is 3.14. The topological polar surface area (TPSA) is 40.6 Å².